The first kappa shape index (κ1) is 14.1. The molecule has 2 saturated heterocycles. The monoisotopic (exact) mass is 309 g/mol. The summed E-state index contributed by atoms with van der Waals surface area (Å²) in [5, 5.41) is 0. The van der Waals surface area contributed by atoms with Gasteiger partial charge in [0.25, 0.3) is 0 Å². The Morgan fingerprint density at radius 3 is 2.74 bits per heavy atom. The van der Waals surface area contributed by atoms with Crippen LogP contribution in [0.15, 0.2) is 43.1 Å². The number of piperidine rings is 1. The van der Waals surface area contributed by atoms with Gasteiger partial charge in [-0.2, -0.15) is 0 Å². The highest BCUT2D eigenvalue weighted by Gasteiger charge is 2.43. The number of hydrogen-bond acceptors (Lipinski definition) is 5. The lowest BCUT2D eigenvalue weighted by Crippen LogP contribution is -2.44. The second-order valence-corrected chi connectivity index (χ2v) is 6.24. The van der Waals surface area contributed by atoms with Crippen molar-refractivity contribution in [3.63, 3.8) is 0 Å². The summed E-state index contributed by atoms with van der Waals surface area (Å²) in [6, 6.07) is 3.94. The Hall–Kier alpha value is -2.50. The maximum Gasteiger partial charge on any atom is 0.228 e. The Morgan fingerprint density at radius 1 is 1.09 bits per heavy atom. The largest absolute Gasteiger partial charge is 0.354 e. The Kier molecular flexibility index (Phi) is 3.65. The van der Waals surface area contributed by atoms with Crippen molar-refractivity contribution in [2.45, 2.75) is 13.0 Å². The lowest BCUT2D eigenvalue weighted by Gasteiger charge is -2.33. The summed E-state index contributed by atoms with van der Waals surface area (Å²) in [6.07, 6.45) is 9.76. The molecule has 4 heterocycles. The molecule has 0 bridgehead atoms. The van der Waals surface area contributed by atoms with Crippen LogP contribution in [0, 0.1) is 11.8 Å². The van der Waals surface area contributed by atoms with Gasteiger partial charge >= 0.3 is 0 Å². The Morgan fingerprint density at radius 2 is 1.96 bits per heavy atom. The van der Waals surface area contributed by atoms with Crippen molar-refractivity contribution in [3.8, 4) is 0 Å². The Balaban J connectivity index is 1.46. The molecule has 118 valence electrons. The van der Waals surface area contributed by atoms with Crippen molar-refractivity contribution in [1.29, 1.82) is 0 Å². The third kappa shape index (κ3) is 2.76. The van der Waals surface area contributed by atoms with Gasteiger partial charge in [0.15, 0.2) is 0 Å². The van der Waals surface area contributed by atoms with Crippen LogP contribution in [-0.4, -0.2) is 45.4 Å². The van der Waals surface area contributed by atoms with E-state index < -0.39 is 0 Å². The molecular formula is C17H19N5O. The van der Waals surface area contributed by atoms with E-state index in [1.54, 1.807) is 31.0 Å². The van der Waals surface area contributed by atoms with Gasteiger partial charge in [-0.05, 0) is 30.0 Å². The number of hydrogen-bond donors (Lipinski definition) is 0. The van der Waals surface area contributed by atoms with E-state index in [0.717, 1.165) is 37.4 Å². The standard InChI is InChI=1S/C17H19N5O/c23-17-15-12-22(16-9-19-6-7-20-16)11-14(15)3-8-21(17)10-13-1-4-18-5-2-13/h1-2,4-7,9,14-15H,3,8,10-12H2/t14-,15-/m1/s1. The van der Waals surface area contributed by atoms with Crippen molar-refractivity contribution in [2.24, 2.45) is 11.8 Å². The molecule has 0 radical (unpaired) electrons. The fourth-order valence-electron chi connectivity index (χ4n) is 3.62. The van der Waals surface area contributed by atoms with Gasteiger partial charge in [0.1, 0.15) is 5.82 Å². The molecule has 2 aromatic rings. The number of rotatable bonds is 3. The molecule has 1 amide bonds. The van der Waals surface area contributed by atoms with Crippen molar-refractivity contribution in [2.75, 3.05) is 24.5 Å². The first-order chi connectivity index (χ1) is 11.3. The SMILES string of the molecule is O=C1[C@@H]2CN(c3cnccn3)C[C@H]2CCN1Cc1ccncc1. The quantitative estimate of drug-likeness (QED) is 0.856. The van der Waals surface area contributed by atoms with Crippen LogP contribution in [0.3, 0.4) is 0 Å². The predicted octanol–water partition coefficient (Wildman–Crippen LogP) is 1.36. The van der Waals surface area contributed by atoms with Crippen LogP contribution >= 0.6 is 0 Å². The van der Waals surface area contributed by atoms with Gasteiger partial charge in [-0.25, -0.2) is 4.98 Å². The van der Waals surface area contributed by atoms with Gasteiger partial charge in [-0.1, -0.05) is 0 Å². The number of nitrogens with zero attached hydrogens (tertiary/aromatic N) is 5. The number of fused-ring (bicyclic) bond motifs is 1. The smallest absolute Gasteiger partial charge is 0.228 e. The third-order valence-electron chi connectivity index (χ3n) is 4.84. The molecule has 2 aliphatic heterocycles. The van der Waals surface area contributed by atoms with Crippen LogP contribution in [-0.2, 0) is 11.3 Å². The van der Waals surface area contributed by atoms with Gasteiger partial charge in [-0.15, -0.1) is 0 Å². The average Bonchev–Trinajstić information content (AvgIpc) is 3.04. The van der Waals surface area contributed by atoms with Crippen LogP contribution in [0.25, 0.3) is 0 Å². The second-order valence-electron chi connectivity index (χ2n) is 6.24. The highest BCUT2D eigenvalue weighted by atomic mass is 16.2. The molecule has 2 atom stereocenters. The van der Waals surface area contributed by atoms with Crippen molar-refractivity contribution >= 4 is 11.7 Å². The molecule has 23 heavy (non-hydrogen) atoms. The predicted molar refractivity (Wildman–Crippen MR) is 85.5 cm³/mol. The first-order valence-corrected chi connectivity index (χ1v) is 8.00. The molecule has 0 saturated carbocycles. The molecular weight excluding hydrogens is 290 g/mol. The summed E-state index contributed by atoms with van der Waals surface area (Å²) >= 11 is 0. The van der Waals surface area contributed by atoms with Crippen molar-refractivity contribution in [1.82, 2.24) is 19.9 Å². The highest BCUT2D eigenvalue weighted by molar-refractivity contribution is 5.81. The molecule has 0 N–H and O–H groups in total. The van der Waals surface area contributed by atoms with Crippen LogP contribution in [0.2, 0.25) is 0 Å². The minimum absolute atomic E-state index is 0.0765. The summed E-state index contributed by atoms with van der Waals surface area (Å²) in [5.41, 5.74) is 1.13. The number of likely N-dealkylation sites (tertiary alicyclic amines) is 1. The van der Waals surface area contributed by atoms with Gasteiger partial charge < -0.3 is 9.80 Å². The topological polar surface area (TPSA) is 62.2 Å². The number of aromatic nitrogens is 3. The summed E-state index contributed by atoms with van der Waals surface area (Å²) in [7, 11) is 0. The van der Waals surface area contributed by atoms with Gasteiger partial charge in [0.2, 0.25) is 5.91 Å². The van der Waals surface area contributed by atoms with Crippen molar-refractivity contribution in [3.05, 3.63) is 48.7 Å². The van der Waals surface area contributed by atoms with Crippen LogP contribution in [0.1, 0.15) is 12.0 Å². The molecule has 6 heteroatoms. The van der Waals surface area contributed by atoms with E-state index in [4.69, 9.17) is 0 Å². The molecule has 2 fully saturated rings. The zero-order valence-corrected chi connectivity index (χ0v) is 12.9. The highest BCUT2D eigenvalue weighted by Crippen LogP contribution is 2.34. The lowest BCUT2D eigenvalue weighted by atomic mass is 9.88. The van der Waals surface area contributed by atoms with Gasteiger partial charge in [0, 0.05) is 51.0 Å². The average molecular weight is 309 g/mol. The van der Waals surface area contributed by atoms with Crippen LogP contribution in [0.5, 0.6) is 0 Å². The molecule has 4 rings (SSSR count). The molecule has 0 aromatic carbocycles. The van der Waals surface area contributed by atoms with E-state index >= 15 is 0 Å². The summed E-state index contributed by atoms with van der Waals surface area (Å²) in [5.74, 6) is 1.64. The fourth-order valence-corrected chi connectivity index (χ4v) is 3.62. The number of anilines is 1. The van der Waals surface area contributed by atoms with E-state index in [0.29, 0.717) is 12.5 Å². The normalized spacial score (nSPS) is 23.9. The zero-order valence-electron chi connectivity index (χ0n) is 12.9. The fraction of sp³-hybridized carbons (Fsp3) is 0.412. The van der Waals surface area contributed by atoms with E-state index in [9.17, 15) is 4.79 Å². The summed E-state index contributed by atoms with van der Waals surface area (Å²) < 4.78 is 0. The first-order valence-electron chi connectivity index (χ1n) is 8.00. The second kappa shape index (κ2) is 5.95. The molecule has 6 nitrogen and oxygen atoms in total. The van der Waals surface area contributed by atoms with Crippen molar-refractivity contribution < 1.29 is 4.79 Å². The summed E-state index contributed by atoms with van der Waals surface area (Å²) in [4.78, 5) is 29.5. The number of pyridine rings is 1. The van der Waals surface area contributed by atoms with E-state index in [-0.39, 0.29) is 11.8 Å². The van der Waals surface area contributed by atoms with Gasteiger partial charge in [-0.3, -0.25) is 14.8 Å². The molecule has 2 aromatic heterocycles. The molecule has 0 spiro atoms. The number of carbonyl (C=O) groups is 1. The van der Waals surface area contributed by atoms with E-state index in [1.807, 2.05) is 17.0 Å². The van der Waals surface area contributed by atoms with Crippen LogP contribution < -0.4 is 4.90 Å². The molecule has 0 aliphatic carbocycles. The number of amides is 1. The molecule has 0 unspecified atom stereocenters. The lowest BCUT2D eigenvalue weighted by molar-refractivity contribution is -0.140. The zero-order chi connectivity index (χ0) is 15.6. The third-order valence-corrected chi connectivity index (χ3v) is 4.84. The summed E-state index contributed by atoms with van der Waals surface area (Å²) in [6.45, 7) is 3.15. The Bertz CT molecular complexity index is 678. The van der Waals surface area contributed by atoms with E-state index in [1.165, 1.54) is 0 Å². The maximum absolute atomic E-state index is 12.8. The van der Waals surface area contributed by atoms with Crippen LogP contribution in [0.4, 0.5) is 5.82 Å². The maximum atomic E-state index is 12.8. The number of carbonyl (C=O) groups excluding carboxylic acids is 1. The Labute approximate surface area is 135 Å². The van der Waals surface area contributed by atoms with E-state index in [2.05, 4.69) is 19.9 Å². The molecule has 2 aliphatic rings. The minimum atomic E-state index is 0.0765. The minimum Gasteiger partial charge on any atom is -0.354 e. The van der Waals surface area contributed by atoms with Gasteiger partial charge in [0.05, 0.1) is 12.1 Å².